The van der Waals surface area contributed by atoms with Gasteiger partial charge in [-0.2, -0.15) is 0 Å². The number of aliphatic hydroxyl groups is 1. The van der Waals surface area contributed by atoms with Crippen molar-refractivity contribution in [1.82, 2.24) is 21.5 Å². The zero-order chi connectivity index (χ0) is 42.7. The lowest BCUT2D eigenvalue weighted by Gasteiger charge is -2.26. The second-order valence-corrected chi connectivity index (χ2v) is 13.5. The Morgan fingerprint density at radius 2 is 1.48 bits per heavy atom. The van der Waals surface area contributed by atoms with Crippen molar-refractivity contribution in [2.75, 3.05) is 108 Å². The van der Waals surface area contributed by atoms with E-state index in [1.54, 1.807) is 24.3 Å². The first-order chi connectivity index (χ1) is 29.8. The number of amides is 3. The number of hydrogen-bond acceptors (Lipinski definition) is 17. The second kappa shape index (κ2) is 23.9. The highest BCUT2D eigenvalue weighted by molar-refractivity contribution is 5.89. The van der Waals surface area contributed by atoms with E-state index in [1.807, 2.05) is 18.2 Å². The Bertz CT molecular complexity index is 1810. The summed E-state index contributed by atoms with van der Waals surface area (Å²) in [5.74, 6) is -3.41. The average molecular weight is 864 g/mol. The summed E-state index contributed by atoms with van der Waals surface area (Å²) in [5.41, 5.74) is 4.38. The van der Waals surface area contributed by atoms with E-state index in [4.69, 9.17) is 47.9 Å². The summed E-state index contributed by atoms with van der Waals surface area (Å²) in [4.78, 5) is 52.2. The van der Waals surface area contributed by atoms with E-state index >= 15 is 0 Å². The Labute approximate surface area is 350 Å². The molecule has 0 radical (unpaired) electrons. The summed E-state index contributed by atoms with van der Waals surface area (Å²) in [6, 6.07) is 14.6. The van der Waals surface area contributed by atoms with E-state index in [1.165, 1.54) is 10.3 Å². The number of urea groups is 1. The van der Waals surface area contributed by atoms with Gasteiger partial charge in [-0.1, -0.05) is 11.7 Å². The molecular weight excluding hydrogens is 812 g/mol. The summed E-state index contributed by atoms with van der Waals surface area (Å²) < 4.78 is 54.6. The van der Waals surface area contributed by atoms with Crippen LogP contribution in [0.5, 0.6) is 11.5 Å². The number of fused-ring (bicyclic) bond motifs is 1. The van der Waals surface area contributed by atoms with Crippen molar-refractivity contribution >= 4 is 29.0 Å². The lowest BCUT2D eigenvalue weighted by atomic mass is 10.1. The molecule has 0 spiro atoms. The Kier molecular flexibility index (Phi) is 17.8. The number of ether oxygens (including phenoxy) is 5. The number of hydrogen-bond donors (Lipinski definition) is 6. The van der Waals surface area contributed by atoms with Crippen molar-refractivity contribution < 1.29 is 71.3 Å². The number of para-hydroxylation sites is 1. The molecule has 2 atom stereocenters. The number of carbonyl (C=O) groups excluding carboxylic acids is 2. The predicted octanol–water partition coefficient (Wildman–Crippen LogP) is 2.51. The SMILES string of the molecule is O=C(NCCOCCOCCOCCOCCOCCNc1cccc2c1ON(C1CCONO1)O2)Nc1ccc(N2CCC(O)(C(=O)NCc3cc(F)cc(F)c3)O2)cc1. The summed E-state index contributed by atoms with van der Waals surface area (Å²) in [7, 11) is 0. The molecule has 0 aliphatic carbocycles. The third kappa shape index (κ3) is 14.6. The summed E-state index contributed by atoms with van der Waals surface area (Å²) >= 11 is 0. The quantitative estimate of drug-likeness (QED) is 0.0676. The van der Waals surface area contributed by atoms with Gasteiger partial charge < -0.3 is 59.7 Å². The number of nitrogens with zero attached hydrogens (tertiary/aromatic N) is 2. The molecular formula is C39H51F2N7O13. The Morgan fingerprint density at radius 3 is 2.13 bits per heavy atom. The van der Waals surface area contributed by atoms with E-state index in [9.17, 15) is 23.5 Å². The maximum Gasteiger partial charge on any atom is 0.319 e. The van der Waals surface area contributed by atoms with Crippen molar-refractivity contribution in [2.24, 2.45) is 0 Å². The highest BCUT2D eigenvalue weighted by atomic mass is 19.1. The van der Waals surface area contributed by atoms with Crippen molar-refractivity contribution in [1.29, 1.82) is 0 Å². The van der Waals surface area contributed by atoms with Gasteiger partial charge in [-0.25, -0.2) is 18.4 Å². The first-order valence-corrected chi connectivity index (χ1v) is 19.8. The molecule has 3 aliphatic rings. The number of carbonyl (C=O) groups is 2. The lowest BCUT2D eigenvalue weighted by molar-refractivity contribution is -0.376. The van der Waals surface area contributed by atoms with Crippen molar-refractivity contribution in [3.05, 3.63) is 77.9 Å². The molecule has 3 aromatic rings. The number of benzene rings is 3. The van der Waals surface area contributed by atoms with Crippen LogP contribution in [0.25, 0.3) is 0 Å². The van der Waals surface area contributed by atoms with Crippen LogP contribution in [0.15, 0.2) is 60.7 Å². The molecule has 61 heavy (non-hydrogen) atoms. The van der Waals surface area contributed by atoms with E-state index in [-0.39, 0.29) is 38.2 Å². The van der Waals surface area contributed by atoms with Gasteiger partial charge in [0.1, 0.15) is 11.6 Å². The standard InChI is InChI=1S/C39H51F2N7O13/c40-29-24-28(25-30(41)26-29)27-44-37(49)39(51)9-12-47(61-39)32-6-4-31(5-7-32)45-38(50)43-11-15-53-17-19-55-21-23-56-22-20-54-18-16-52-14-10-42-33-2-1-3-34-36(33)60-48(59-34)35-8-13-57-46-58-35/h1-7,24-26,35,42,46,51H,8-23,27H2,(H,44,49)(H2,43,45,50). The lowest BCUT2D eigenvalue weighted by Crippen LogP contribution is -2.47. The average Bonchev–Trinajstić information content (AvgIpc) is 3.89. The molecule has 0 aromatic heterocycles. The van der Waals surface area contributed by atoms with Crippen molar-refractivity contribution in [3.63, 3.8) is 0 Å². The van der Waals surface area contributed by atoms with Gasteiger partial charge in [0, 0.05) is 44.2 Å². The van der Waals surface area contributed by atoms with E-state index in [0.717, 1.165) is 23.9 Å². The molecule has 0 saturated carbocycles. The Balaban J connectivity index is 0.699. The number of anilines is 3. The van der Waals surface area contributed by atoms with Crippen LogP contribution < -0.4 is 41.6 Å². The molecule has 22 heteroatoms. The van der Waals surface area contributed by atoms with Gasteiger partial charge in [0.25, 0.3) is 11.7 Å². The fourth-order valence-electron chi connectivity index (χ4n) is 5.90. The highest BCUT2D eigenvalue weighted by Crippen LogP contribution is 2.41. The molecule has 334 valence electrons. The normalized spacial score (nSPS) is 18.6. The molecule has 2 unspecified atom stereocenters. The van der Waals surface area contributed by atoms with E-state index in [2.05, 4.69) is 26.9 Å². The van der Waals surface area contributed by atoms with Gasteiger partial charge in [-0.3, -0.25) is 19.5 Å². The smallest absolute Gasteiger partial charge is 0.319 e. The summed E-state index contributed by atoms with van der Waals surface area (Å²) in [5, 5.41) is 24.5. The van der Waals surface area contributed by atoms with Gasteiger partial charge >= 0.3 is 6.03 Å². The Morgan fingerprint density at radius 1 is 0.820 bits per heavy atom. The molecule has 3 aliphatic heterocycles. The first-order valence-electron chi connectivity index (χ1n) is 19.8. The van der Waals surface area contributed by atoms with Gasteiger partial charge in [-0.15, -0.1) is 0 Å². The number of rotatable bonds is 25. The van der Waals surface area contributed by atoms with Gasteiger partial charge in [0.15, 0.2) is 5.75 Å². The minimum absolute atomic E-state index is 0.0456. The maximum atomic E-state index is 13.4. The third-order valence-electron chi connectivity index (χ3n) is 8.93. The highest BCUT2D eigenvalue weighted by Gasteiger charge is 2.45. The maximum absolute atomic E-state index is 13.4. The molecule has 2 fully saturated rings. The van der Waals surface area contributed by atoms with Crippen LogP contribution in [0, 0.1) is 11.6 Å². The number of halogens is 2. The topological polar surface area (TPSA) is 213 Å². The van der Waals surface area contributed by atoms with Gasteiger partial charge in [0.2, 0.25) is 12.0 Å². The molecule has 2 saturated heterocycles. The molecule has 0 bridgehead atoms. The fraction of sp³-hybridized carbons (Fsp3) is 0.487. The molecule has 3 heterocycles. The Hall–Kier alpha value is -4.98. The zero-order valence-electron chi connectivity index (χ0n) is 33.4. The summed E-state index contributed by atoms with van der Waals surface area (Å²) in [6.07, 6.45) is 0.0785. The zero-order valence-corrected chi connectivity index (χ0v) is 33.4. The van der Waals surface area contributed by atoms with Crippen molar-refractivity contribution in [2.45, 2.75) is 31.4 Å². The van der Waals surface area contributed by atoms with Crippen LogP contribution in [0.2, 0.25) is 0 Å². The molecule has 20 nitrogen and oxygen atoms in total. The summed E-state index contributed by atoms with van der Waals surface area (Å²) in [6.45, 7) is 5.33. The predicted molar refractivity (Wildman–Crippen MR) is 210 cm³/mol. The van der Waals surface area contributed by atoms with Crippen LogP contribution in [0.3, 0.4) is 0 Å². The van der Waals surface area contributed by atoms with Crippen LogP contribution in [0.1, 0.15) is 18.4 Å². The molecule has 3 amide bonds. The van der Waals surface area contributed by atoms with Crippen LogP contribution >= 0.6 is 0 Å². The molecule has 3 aromatic carbocycles. The van der Waals surface area contributed by atoms with Gasteiger partial charge in [-0.05, 0) is 54.1 Å². The monoisotopic (exact) mass is 863 g/mol. The van der Waals surface area contributed by atoms with E-state index < -0.39 is 35.6 Å². The number of hydroxylamine groups is 3. The van der Waals surface area contributed by atoms with Gasteiger partial charge in [0.05, 0.1) is 95.8 Å². The van der Waals surface area contributed by atoms with Crippen LogP contribution in [-0.2, 0) is 49.5 Å². The molecule has 6 N–H and O–H groups in total. The minimum Gasteiger partial charge on any atom is -0.380 e. The van der Waals surface area contributed by atoms with Crippen LogP contribution in [0.4, 0.5) is 30.6 Å². The second-order valence-electron chi connectivity index (χ2n) is 13.5. The largest absolute Gasteiger partial charge is 0.380 e. The van der Waals surface area contributed by atoms with Crippen LogP contribution in [-0.4, -0.2) is 127 Å². The van der Waals surface area contributed by atoms with E-state index in [0.29, 0.717) is 102 Å². The van der Waals surface area contributed by atoms with Crippen molar-refractivity contribution in [3.8, 4) is 11.5 Å². The minimum atomic E-state index is -2.16. The number of nitrogens with one attached hydrogen (secondary N) is 5. The fourth-order valence-corrected chi connectivity index (χ4v) is 5.90. The molecule has 6 rings (SSSR count). The first kappa shape index (κ1) is 45.5. The third-order valence-corrected chi connectivity index (χ3v) is 8.93.